The first kappa shape index (κ1) is 28.9. The van der Waals surface area contributed by atoms with Crippen LogP contribution in [0.4, 0.5) is 30.7 Å². The van der Waals surface area contributed by atoms with E-state index in [4.69, 9.17) is 27.8 Å². The summed E-state index contributed by atoms with van der Waals surface area (Å²) in [7, 11) is 1.51. The zero-order valence-corrected chi connectivity index (χ0v) is 20.2. The van der Waals surface area contributed by atoms with Gasteiger partial charge in [-0.15, -0.1) is 0 Å². The molecule has 0 unspecified atom stereocenters. The van der Waals surface area contributed by atoms with E-state index in [-0.39, 0.29) is 35.2 Å². The van der Waals surface area contributed by atoms with Gasteiger partial charge in [0.2, 0.25) is 0 Å². The summed E-state index contributed by atoms with van der Waals surface area (Å²) in [4.78, 5) is 0. The molecule has 38 heavy (non-hydrogen) atoms. The first-order chi connectivity index (χ1) is 17.8. The highest BCUT2D eigenvalue weighted by molar-refractivity contribution is 6.30. The molecule has 0 saturated carbocycles. The molecule has 0 aliphatic heterocycles. The Morgan fingerprint density at radius 2 is 1.21 bits per heavy atom. The zero-order chi connectivity index (χ0) is 28.3. The predicted molar refractivity (Wildman–Crippen MR) is 124 cm³/mol. The quantitative estimate of drug-likeness (QED) is 0.312. The number of hydrogen-bond acceptors (Lipinski definition) is 5. The maximum absolute atomic E-state index is 13.0. The van der Waals surface area contributed by atoms with Crippen LogP contribution in [0, 0.1) is 5.82 Å². The lowest BCUT2D eigenvalue weighted by molar-refractivity contribution is -0.142. The fourth-order valence-electron chi connectivity index (χ4n) is 3.19. The summed E-state index contributed by atoms with van der Waals surface area (Å²) in [5.74, 6) is -0.0517. The Morgan fingerprint density at radius 3 is 1.61 bits per heavy atom. The van der Waals surface area contributed by atoms with Crippen molar-refractivity contribution in [1.82, 2.24) is 19.6 Å². The van der Waals surface area contributed by atoms with Crippen molar-refractivity contribution in [1.29, 1.82) is 0 Å². The molecule has 4 N–H and O–H groups in total. The van der Waals surface area contributed by atoms with Gasteiger partial charge >= 0.3 is 12.4 Å². The number of nitrogens with two attached hydrogens (primary N) is 2. The third kappa shape index (κ3) is 6.62. The van der Waals surface area contributed by atoms with E-state index in [2.05, 4.69) is 10.2 Å². The molecule has 0 bridgehead atoms. The number of methoxy groups -OCH3 is 1. The Labute approximate surface area is 216 Å². The van der Waals surface area contributed by atoms with E-state index in [1.165, 1.54) is 23.9 Å². The Hall–Kier alpha value is -3.62. The van der Waals surface area contributed by atoms with Crippen LogP contribution in [0.25, 0.3) is 11.4 Å². The van der Waals surface area contributed by atoms with Gasteiger partial charge in [0.25, 0.3) is 0 Å². The number of benzene rings is 2. The minimum atomic E-state index is -4.57. The van der Waals surface area contributed by atoms with Crippen molar-refractivity contribution in [3.05, 3.63) is 88.2 Å². The summed E-state index contributed by atoms with van der Waals surface area (Å²) < 4.78 is 95.8. The minimum Gasteiger partial charge on any atom is -0.497 e. The van der Waals surface area contributed by atoms with Crippen molar-refractivity contribution >= 4 is 11.6 Å². The van der Waals surface area contributed by atoms with Gasteiger partial charge < -0.3 is 16.2 Å². The van der Waals surface area contributed by atoms with Crippen molar-refractivity contribution in [2.45, 2.75) is 25.4 Å². The summed E-state index contributed by atoms with van der Waals surface area (Å²) in [5, 5.41) is 6.77. The Kier molecular flexibility index (Phi) is 8.69. The SMILES string of the molecule is COc1ccc(-n2nc(C(F)(F)F)cc2CN)cc1.NCc1cc(C(F)(F)F)nn1-c1ccc(F)c(Cl)c1. The largest absolute Gasteiger partial charge is 0.497 e. The Balaban J connectivity index is 0.000000211. The number of alkyl halides is 6. The van der Waals surface area contributed by atoms with Crippen molar-refractivity contribution in [2.24, 2.45) is 11.5 Å². The van der Waals surface area contributed by atoms with Crippen LogP contribution in [-0.4, -0.2) is 26.7 Å². The van der Waals surface area contributed by atoms with Gasteiger partial charge in [-0.3, -0.25) is 0 Å². The third-order valence-corrected chi connectivity index (χ3v) is 5.32. The van der Waals surface area contributed by atoms with Gasteiger partial charge in [-0.05, 0) is 54.6 Å². The molecule has 0 fully saturated rings. The van der Waals surface area contributed by atoms with Crippen molar-refractivity contribution < 1.29 is 35.5 Å². The van der Waals surface area contributed by atoms with E-state index in [9.17, 15) is 30.7 Å². The first-order valence-corrected chi connectivity index (χ1v) is 11.0. The van der Waals surface area contributed by atoms with Crippen LogP contribution in [0.3, 0.4) is 0 Å². The van der Waals surface area contributed by atoms with Crippen molar-refractivity contribution in [2.75, 3.05) is 7.11 Å². The fraction of sp³-hybridized carbons (Fsp3) is 0.217. The summed E-state index contributed by atoms with van der Waals surface area (Å²) in [6.07, 6.45) is -9.05. The lowest BCUT2D eigenvalue weighted by Crippen LogP contribution is -2.09. The zero-order valence-electron chi connectivity index (χ0n) is 19.5. The molecule has 0 aliphatic rings. The molecule has 0 saturated heterocycles. The lowest BCUT2D eigenvalue weighted by Gasteiger charge is -2.07. The second kappa shape index (κ2) is 11.4. The third-order valence-electron chi connectivity index (χ3n) is 5.03. The molecular weight excluding hydrogens is 545 g/mol. The van der Waals surface area contributed by atoms with Crippen LogP contribution in [0.2, 0.25) is 5.02 Å². The smallest absolute Gasteiger partial charge is 0.435 e. The van der Waals surface area contributed by atoms with E-state index in [1.54, 1.807) is 24.3 Å². The highest BCUT2D eigenvalue weighted by Gasteiger charge is 2.35. The molecular formula is C23H20ClF7N6O. The van der Waals surface area contributed by atoms with Crippen LogP contribution in [-0.2, 0) is 25.4 Å². The van der Waals surface area contributed by atoms with Gasteiger partial charge in [-0.1, -0.05) is 11.6 Å². The molecule has 2 heterocycles. The molecule has 0 radical (unpaired) electrons. The van der Waals surface area contributed by atoms with E-state index in [0.717, 1.165) is 22.9 Å². The average molecular weight is 565 g/mol. The number of nitrogens with zero attached hydrogens (tertiary/aromatic N) is 4. The Bertz CT molecular complexity index is 1380. The minimum absolute atomic E-state index is 0.0326. The molecule has 2 aromatic heterocycles. The monoisotopic (exact) mass is 564 g/mol. The van der Waals surface area contributed by atoms with Crippen LogP contribution in [0.1, 0.15) is 22.8 Å². The Morgan fingerprint density at radius 1 is 0.763 bits per heavy atom. The highest BCUT2D eigenvalue weighted by atomic mass is 35.5. The first-order valence-electron chi connectivity index (χ1n) is 10.6. The fourth-order valence-corrected chi connectivity index (χ4v) is 3.37. The van der Waals surface area contributed by atoms with Crippen LogP contribution >= 0.6 is 11.6 Å². The normalized spacial score (nSPS) is 11.8. The van der Waals surface area contributed by atoms with E-state index < -0.39 is 29.6 Å². The summed E-state index contributed by atoms with van der Waals surface area (Å²) in [5.41, 5.74) is 9.95. The standard InChI is InChI=1S/C12H12F3N3O.C11H8ClF4N3/c1-19-10-4-2-8(3-5-10)18-9(7-16)6-11(17-18)12(13,14)15;12-8-3-6(1-2-9(8)13)19-7(5-17)4-10(18-19)11(14,15)16/h2-6H,7,16H2,1H3;1-4H,5,17H2. The summed E-state index contributed by atoms with van der Waals surface area (Å²) in [6.45, 7) is -0.173. The molecule has 2 aromatic carbocycles. The number of ether oxygens (including phenoxy) is 1. The second-order valence-corrected chi connectivity index (χ2v) is 7.97. The topological polar surface area (TPSA) is 96.9 Å². The lowest BCUT2D eigenvalue weighted by atomic mass is 10.3. The molecule has 0 aliphatic carbocycles. The molecule has 0 amide bonds. The second-order valence-electron chi connectivity index (χ2n) is 7.57. The summed E-state index contributed by atoms with van der Waals surface area (Å²) in [6, 6.07) is 11.8. The van der Waals surface area contributed by atoms with Crippen LogP contribution in [0.15, 0.2) is 54.6 Å². The van der Waals surface area contributed by atoms with Gasteiger partial charge in [0.15, 0.2) is 11.4 Å². The van der Waals surface area contributed by atoms with Crippen LogP contribution in [0.5, 0.6) is 5.75 Å². The van der Waals surface area contributed by atoms with Gasteiger partial charge in [0.1, 0.15) is 11.6 Å². The number of rotatable bonds is 5. The van der Waals surface area contributed by atoms with Gasteiger partial charge in [-0.25, -0.2) is 13.8 Å². The number of hydrogen-bond donors (Lipinski definition) is 2. The average Bonchev–Trinajstić information content (AvgIpc) is 3.51. The van der Waals surface area contributed by atoms with Crippen molar-refractivity contribution in [3.63, 3.8) is 0 Å². The summed E-state index contributed by atoms with van der Waals surface area (Å²) >= 11 is 5.59. The molecule has 15 heteroatoms. The van der Waals surface area contributed by atoms with Crippen molar-refractivity contribution in [3.8, 4) is 17.1 Å². The van der Waals surface area contributed by atoms with Gasteiger partial charge in [-0.2, -0.15) is 36.5 Å². The molecule has 0 spiro atoms. The number of halogens is 8. The maximum Gasteiger partial charge on any atom is 0.435 e. The molecule has 4 rings (SSSR count). The van der Waals surface area contributed by atoms with Gasteiger partial charge in [0.05, 0.1) is 34.9 Å². The molecule has 204 valence electrons. The molecule has 7 nitrogen and oxygen atoms in total. The maximum atomic E-state index is 13.0. The number of aromatic nitrogens is 4. The van der Waals surface area contributed by atoms with Crippen LogP contribution < -0.4 is 16.2 Å². The van der Waals surface area contributed by atoms with Gasteiger partial charge in [0, 0.05) is 13.1 Å². The highest BCUT2D eigenvalue weighted by Crippen LogP contribution is 2.31. The van der Waals surface area contributed by atoms with E-state index in [1.807, 2.05) is 0 Å². The molecule has 0 atom stereocenters. The predicted octanol–water partition coefficient (Wildman–Crippen LogP) is 5.50. The molecule has 4 aromatic rings. The van der Waals surface area contributed by atoms with E-state index in [0.29, 0.717) is 11.4 Å². The van der Waals surface area contributed by atoms with E-state index >= 15 is 0 Å².